The van der Waals surface area contributed by atoms with E-state index in [9.17, 15) is 4.79 Å². The summed E-state index contributed by atoms with van der Waals surface area (Å²) in [6, 6.07) is 17.9. The van der Waals surface area contributed by atoms with Gasteiger partial charge in [-0.05, 0) is 24.1 Å². The van der Waals surface area contributed by atoms with E-state index in [1.165, 1.54) is 0 Å². The topological polar surface area (TPSA) is 20.3 Å². The van der Waals surface area contributed by atoms with Gasteiger partial charge in [-0.1, -0.05) is 54.6 Å². The van der Waals surface area contributed by atoms with Crippen molar-refractivity contribution in [3.05, 3.63) is 83.9 Å². The predicted octanol–water partition coefficient (Wildman–Crippen LogP) is 4.13. The molecule has 1 aliphatic rings. The van der Waals surface area contributed by atoms with Gasteiger partial charge in [0.25, 0.3) is 5.91 Å². The van der Waals surface area contributed by atoms with Gasteiger partial charge in [0.2, 0.25) is 0 Å². The lowest BCUT2D eigenvalue weighted by Gasteiger charge is -2.30. The van der Waals surface area contributed by atoms with Crippen LogP contribution in [0, 0.1) is 0 Å². The number of carbonyl (C=O) groups is 1. The van der Waals surface area contributed by atoms with Gasteiger partial charge in [0.05, 0.1) is 12.1 Å². The van der Waals surface area contributed by atoms with Crippen LogP contribution < -0.4 is 0 Å². The molecule has 100 valence electrons. The summed E-state index contributed by atoms with van der Waals surface area (Å²) in [7, 11) is 0. The fraction of sp³-hybridized carbons (Fsp3) is 0.167. The van der Waals surface area contributed by atoms with Crippen molar-refractivity contribution in [1.82, 2.24) is 4.90 Å². The van der Waals surface area contributed by atoms with Gasteiger partial charge in [-0.25, -0.2) is 0 Å². The first kappa shape index (κ1) is 12.7. The third-order valence-electron chi connectivity index (χ3n) is 3.97. The van der Waals surface area contributed by atoms with E-state index < -0.39 is 0 Å². The van der Waals surface area contributed by atoms with Crippen molar-refractivity contribution in [2.75, 3.05) is 0 Å². The van der Waals surface area contributed by atoms with Gasteiger partial charge in [0.1, 0.15) is 0 Å². The molecule has 0 aromatic heterocycles. The molecule has 2 aromatic rings. The Morgan fingerprint density at radius 3 is 2.45 bits per heavy atom. The molecule has 3 rings (SSSR count). The first-order valence-corrected chi connectivity index (χ1v) is 6.83. The maximum atomic E-state index is 12.7. The predicted molar refractivity (Wildman–Crippen MR) is 80.4 cm³/mol. The third kappa shape index (κ3) is 1.85. The summed E-state index contributed by atoms with van der Waals surface area (Å²) in [5.74, 6) is 0.0850. The minimum atomic E-state index is -0.0473. The first-order valence-electron chi connectivity index (χ1n) is 6.83. The Bertz CT molecular complexity index is 647. The maximum Gasteiger partial charge on any atom is 0.255 e. The standard InChI is InChI=1S/C18H17NO/c1-3-17-15-11-7-8-12-16(15)18(20)19(17)13(2)14-9-5-4-6-10-14/h3-13,17H,1H2,2H3/t13-,17-/m0/s1. The minimum Gasteiger partial charge on any atom is -0.321 e. The van der Waals surface area contributed by atoms with Crippen LogP contribution >= 0.6 is 0 Å². The molecular weight excluding hydrogens is 246 g/mol. The summed E-state index contributed by atoms with van der Waals surface area (Å²) < 4.78 is 0. The van der Waals surface area contributed by atoms with Gasteiger partial charge >= 0.3 is 0 Å². The van der Waals surface area contributed by atoms with Crippen molar-refractivity contribution in [3.63, 3.8) is 0 Å². The van der Waals surface area contributed by atoms with E-state index in [2.05, 4.69) is 25.6 Å². The van der Waals surface area contributed by atoms with Gasteiger partial charge in [-0.15, -0.1) is 6.58 Å². The Kier molecular flexibility index (Phi) is 3.15. The van der Waals surface area contributed by atoms with Crippen LogP contribution in [0.2, 0.25) is 0 Å². The molecule has 0 fully saturated rings. The lowest BCUT2D eigenvalue weighted by Crippen LogP contribution is -2.30. The Labute approximate surface area is 119 Å². The quantitative estimate of drug-likeness (QED) is 0.762. The van der Waals surface area contributed by atoms with Crippen molar-refractivity contribution in [1.29, 1.82) is 0 Å². The molecule has 0 saturated heterocycles. The van der Waals surface area contributed by atoms with Crippen LogP contribution in [0.5, 0.6) is 0 Å². The van der Waals surface area contributed by atoms with E-state index in [4.69, 9.17) is 0 Å². The minimum absolute atomic E-state index is 0.0269. The van der Waals surface area contributed by atoms with Crippen molar-refractivity contribution in [2.45, 2.75) is 19.0 Å². The monoisotopic (exact) mass is 263 g/mol. The van der Waals surface area contributed by atoms with Crippen LogP contribution in [0.15, 0.2) is 67.3 Å². The van der Waals surface area contributed by atoms with Crippen LogP contribution in [0.3, 0.4) is 0 Å². The van der Waals surface area contributed by atoms with Crippen LogP contribution in [0.4, 0.5) is 0 Å². The number of hydrogen-bond acceptors (Lipinski definition) is 1. The number of carbonyl (C=O) groups excluding carboxylic acids is 1. The van der Waals surface area contributed by atoms with E-state index in [-0.39, 0.29) is 18.0 Å². The lowest BCUT2D eigenvalue weighted by atomic mass is 10.0. The van der Waals surface area contributed by atoms with Crippen LogP contribution in [0.25, 0.3) is 0 Å². The molecule has 0 bridgehead atoms. The zero-order chi connectivity index (χ0) is 14.1. The van der Waals surface area contributed by atoms with Crippen molar-refractivity contribution < 1.29 is 4.79 Å². The van der Waals surface area contributed by atoms with Gasteiger partial charge < -0.3 is 4.90 Å². The van der Waals surface area contributed by atoms with Gasteiger partial charge in [-0.2, -0.15) is 0 Å². The molecule has 0 aliphatic carbocycles. The van der Waals surface area contributed by atoms with Gasteiger partial charge in [0.15, 0.2) is 0 Å². The fourth-order valence-electron chi connectivity index (χ4n) is 2.91. The zero-order valence-corrected chi connectivity index (χ0v) is 11.5. The van der Waals surface area contributed by atoms with Crippen molar-refractivity contribution >= 4 is 5.91 Å². The second-order valence-corrected chi connectivity index (χ2v) is 5.07. The number of rotatable bonds is 3. The summed E-state index contributed by atoms with van der Waals surface area (Å²) >= 11 is 0. The number of benzene rings is 2. The maximum absolute atomic E-state index is 12.7. The molecule has 0 spiro atoms. The van der Waals surface area contributed by atoms with E-state index in [0.717, 1.165) is 16.7 Å². The van der Waals surface area contributed by atoms with Crippen LogP contribution in [-0.4, -0.2) is 10.8 Å². The number of fused-ring (bicyclic) bond motifs is 1. The lowest BCUT2D eigenvalue weighted by molar-refractivity contribution is 0.0682. The Morgan fingerprint density at radius 1 is 1.10 bits per heavy atom. The molecule has 20 heavy (non-hydrogen) atoms. The molecule has 2 heteroatoms. The Hall–Kier alpha value is -2.35. The molecule has 0 unspecified atom stereocenters. The average molecular weight is 263 g/mol. The molecule has 0 N–H and O–H groups in total. The zero-order valence-electron chi connectivity index (χ0n) is 11.5. The summed E-state index contributed by atoms with van der Waals surface area (Å²) in [5, 5.41) is 0. The molecule has 1 amide bonds. The second-order valence-electron chi connectivity index (χ2n) is 5.07. The molecule has 1 heterocycles. The largest absolute Gasteiger partial charge is 0.321 e. The Balaban J connectivity index is 2.03. The van der Waals surface area contributed by atoms with Crippen molar-refractivity contribution in [3.8, 4) is 0 Å². The molecular formula is C18H17NO. The molecule has 1 aliphatic heterocycles. The van der Waals surface area contributed by atoms with E-state index in [1.54, 1.807) is 0 Å². The highest BCUT2D eigenvalue weighted by molar-refractivity contribution is 5.99. The van der Waals surface area contributed by atoms with Crippen LogP contribution in [-0.2, 0) is 0 Å². The normalized spacial score (nSPS) is 18.8. The summed E-state index contributed by atoms with van der Waals surface area (Å²) in [5.41, 5.74) is 2.98. The first-order chi connectivity index (χ1) is 9.74. The average Bonchev–Trinajstić information content (AvgIpc) is 2.80. The summed E-state index contributed by atoms with van der Waals surface area (Å²) in [6.45, 7) is 5.97. The van der Waals surface area contributed by atoms with E-state index in [0.29, 0.717) is 0 Å². The summed E-state index contributed by atoms with van der Waals surface area (Å²) in [4.78, 5) is 14.6. The molecule has 2 aromatic carbocycles. The highest BCUT2D eigenvalue weighted by atomic mass is 16.2. The molecule has 0 saturated carbocycles. The Morgan fingerprint density at radius 2 is 1.75 bits per heavy atom. The SMILES string of the molecule is C=C[C@H]1c2ccccc2C(=O)N1[C@@H](C)c1ccccc1. The molecule has 2 atom stereocenters. The second kappa shape index (κ2) is 4.97. The van der Waals surface area contributed by atoms with Gasteiger partial charge in [-0.3, -0.25) is 4.79 Å². The van der Waals surface area contributed by atoms with Crippen molar-refractivity contribution in [2.24, 2.45) is 0 Å². The number of hydrogen-bond donors (Lipinski definition) is 0. The third-order valence-corrected chi connectivity index (χ3v) is 3.97. The highest BCUT2D eigenvalue weighted by Gasteiger charge is 2.37. The van der Waals surface area contributed by atoms with E-state index >= 15 is 0 Å². The highest BCUT2D eigenvalue weighted by Crippen LogP contribution is 2.39. The summed E-state index contributed by atoms with van der Waals surface area (Å²) in [6.07, 6.45) is 1.85. The van der Waals surface area contributed by atoms with Crippen LogP contribution in [0.1, 0.15) is 40.5 Å². The number of nitrogens with zero attached hydrogens (tertiary/aromatic N) is 1. The fourth-order valence-corrected chi connectivity index (χ4v) is 2.91. The van der Waals surface area contributed by atoms with E-state index in [1.807, 2.05) is 53.4 Å². The molecule has 2 nitrogen and oxygen atoms in total. The number of amides is 1. The smallest absolute Gasteiger partial charge is 0.255 e. The molecule has 0 radical (unpaired) electrons. The van der Waals surface area contributed by atoms with Gasteiger partial charge in [0, 0.05) is 5.56 Å².